The Morgan fingerprint density at radius 3 is 1.12 bits per heavy atom. The number of carbonyl (C=O) groups is 2. The fraction of sp³-hybridized carbons (Fsp3) is 0.917. The van der Waals surface area contributed by atoms with Gasteiger partial charge in [-0.25, -0.2) is 0 Å². The van der Waals surface area contributed by atoms with E-state index in [1.54, 1.807) is 14.2 Å². The van der Waals surface area contributed by atoms with Crippen molar-refractivity contribution in [2.75, 3.05) is 38.9 Å². The molecule has 0 N–H and O–H groups in total. The molecule has 2 unspecified atom stereocenters. The molecule has 0 aliphatic rings. The molecule has 4 radical (unpaired) electrons. The fourth-order valence-electron chi connectivity index (χ4n) is 1.24. The predicted octanol–water partition coefficient (Wildman–Crippen LogP) is 5.78. The molecule has 0 heterocycles. The number of hydrogen-bond donors (Lipinski definition) is 2. The summed E-state index contributed by atoms with van der Waals surface area (Å²) in [4.78, 5) is 21.6. The number of thiol groups is 2. The standard InChI is InChI=1S/2C8H16O3S.2C4H10.Sn/c2*1-7(10-2)3-5-11-8(9)4-6-12;2*1-3-4-2;/h2*7,12H,3-6H2,1-2H3;2*3-4H2,1-2H3;. The summed E-state index contributed by atoms with van der Waals surface area (Å²) in [6, 6.07) is 0. The molecule has 0 saturated heterocycles. The Morgan fingerprint density at radius 1 is 0.667 bits per heavy atom. The zero-order valence-electron chi connectivity index (χ0n) is 22.5. The number of ether oxygens (including phenoxy) is 4. The summed E-state index contributed by atoms with van der Waals surface area (Å²) < 4.78 is 19.7. The Kier molecular flexibility index (Phi) is 52.1. The number of rotatable bonds is 14. The van der Waals surface area contributed by atoms with E-state index in [0.717, 1.165) is 12.8 Å². The smallest absolute Gasteiger partial charge is 0.306 e. The van der Waals surface area contributed by atoms with Crippen molar-refractivity contribution in [2.24, 2.45) is 0 Å². The van der Waals surface area contributed by atoms with Crippen molar-refractivity contribution in [3.05, 3.63) is 0 Å². The molecule has 0 amide bonds. The second kappa shape index (κ2) is 39.6. The Hall–Kier alpha value is 0.359. The molecule has 0 aromatic carbocycles. The first-order valence-corrected chi connectivity index (χ1v) is 13.1. The van der Waals surface area contributed by atoms with Gasteiger partial charge in [0.25, 0.3) is 0 Å². The van der Waals surface area contributed by atoms with Crippen LogP contribution < -0.4 is 0 Å². The van der Waals surface area contributed by atoms with Crippen LogP contribution in [-0.4, -0.2) is 87.0 Å². The van der Waals surface area contributed by atoms with Gasteiger partial charge in [0, 0.05) is 62.5 Å². The van der Waals surface area contributed by atoms with E-state index >= 15 is 0 Å². The number of hydrogen-bond acceptors (Lipinski definition) is 8. The summed E-state index contributed by atoms with van der Waals surface area (Å²) in [6.45, 7) is 13.5. The molecular formula is C24H52O6S2Sn. The van der Waals surface area contributed by atoms with Crippen molar-refractivity contribution in [1.29, 1.82) is 0 Å². The average Bonchev–Trinajstić information content (AvgIpc) is 2.79. The molecule has 200 valence electrons. The molecule has 0 saturated carbocycles. The molecule has 0 aliphatic heterocycles. The summed E-state index contributed by atoms with van der Waals surface area (Å²) in [5.41, 5.74) is 0. The number of carbonyl (C=O) groups excluding carboxylic acids is 2. The summed E-state index contributed by atoms with van der Waals surface area (Å²) in [7, 11) is 3.28. The summed E-state index contributed by atoms with van der Waals surface area (Å²) in [5, 5.41) is 0. The Bertz CT molecular complexity index is 339. The van der Waals surface area contributed by atoms with Crippen molar-refractivity contribution >= 4 is 61.1 Å². The summed E-state index contributed by atoms with van der Waals surface area (Å²) >= 11 is 7.83. The van der Waals surface area contributed by atoms with E-state index in [2.05, 4.69) is 53.0 Å². The normalized spacial score (nSPS) is 11.0. The second-order valence-corrected chi connectivity index (χ2v) is 7.95. The number of methoxy groups -OCH3 is 2. The number of unbranched alkanes of at least 4 members (excludes halogenated alkanes) is 2. The van der Waals surface area contributed by atoms with Gasteiger partial charge in [-0.05, 0) is 13.8 Å². The van der Waals surface area contributed by atoms with E-state index in [-0.39, 0.29) is 48.1 Å². The van der Waals surface area contributed by atoms with Crippen molar-refractivity contribution in [3.63, 3.8) is 0 Å². The molecule has 0 aliphatic carbocycles. The van der Waals surface area contributed by atoms with Gasteiger partial charge in [-0.15, -0.1) is 0 Å². The SMILES string of the molecule is CCCC.CCCC.COC(C)CCOC(=O)CCS.COC(C)CCOC(=O)CCS.[Sn]. The Balaban J connectivity index is -0.000000117. The minimum absolute atomic E-state index is 0. The van der Waals surface area contributed by atoms with Gasteiger partial charge in [-0.2, -0.15) is 25.3 Å². The zero-order chi connectivity index (χ0) is 25.6. The molecule has 0 aromatic rings. The molecule has 2 atom stereocenters. The van der Waals surface area contributed by atoms with Crippen LogP contribution in [0.4, 0.5) is 0 Å². The van der Waals surface area contributed by atoms with Crippen LogP contribution in [0.15, 0.2) is 0 Å². The third-order valence-electron chi connectivity index (χ3n) is 4.01. The number of esters is 2. The van der Waals surface area contributed by atoms with Crippen molar-refractivity contribution in [2.45, 2.75) is 105 Å². The van der Waals surface area contributed by atoms with Gasteiger partial charge in [-0.1, -0.05) is 53.4 Å². The van der Waals surface area contributed by atoms with Crippen LogP contribution in [0.5, 0.6) is 0 Å². The monoisotopic (exact) mass is 620 g/mol. The van der Waals surface area contributed by atoms with Crippen LogP contribution in [0.1, 0.15) is 92.9 Å². The summed E-state index contributed by atoms with van der Waals surface area (Å²) in [5.74, 6) is 0.707. The zero-order valence-corrected chi connectivity index (χ0v) is 27.1. The van der Waals surface area contributed by atoms with E-state index in [1.165, 1.54) is 25.7 Å². The molecule has 9 heteroatoms. The van der Waals surface area contributed by atoms with E-state index in [9.17, 15) is 9.59 Å². The van der Waals surface area contributed by atoms with Gasteiger partial charge in [-0.3, -0.25) is 9.59 Å². The van der Waals surface area contributed by atoms with Crippen molar-refractivity contribution < 1.29 is 28.5 Å². The first-order valence-electron chi connectivity index (χ1n) is 11.8. The Labute approximate surface area is 232 Å². The van der Waals surface area contributed by atoms with E-state index in [4.69, 9.17) is 18.9 Å². The second-order valence-electron chi connectivity index (χ2n) is 7.06. The van der Waals surface area contributed by atoms with Crippen LogP contribution in [0, 0.1) is 0 Å². The molecule has 0 fully saturated rings. The fourth-order valence-corrected chi connectivity index (χ4v) is 1.61. The van der Waals surface area contributed by atoms with Gasteiger partial charge in [0.2, 0.25) is 0 Å². The predicted molar refractivity (Wildman–Crippen MR) is 148 cm³/mol. The maximum Gasteiger partial charge on any atom is 0.306 e. The minimum Gasteiger partial charge on any atom is -0.466 e. The minimum atomic E-state index is -0.187. The van der Waals surface area contributed by atoms with Crippen LogP contribution in [0.25, 0.3) is 0 Å². The van der Waals surface area contributed by atoms with Gasteiger partial charge in [0.05, 0.1) is 38.3 Å². The van der Waals surface area contributed by atoms with Gasteiger partial charge < -0.3 is 18.9 Å². The molecule has 0 bridgehead atoms. The first kappa shape index (κ1) is 43.4. The van der Waals surface area contributed by atoms with Crippen LogP contribution >= 0.6 is 25.3 Å². The largest absolute Gasteiger partial charge is 0.466 e. The van der Waals surface area contributed by atoms with Crippen molar-refractivity contribution in [3.8, 4) is 0 Å². The third kappa shape index (κ3) is 50.3. The maximum atomic E-state index is 10.8. The molecule has 0 rings (SSSR count). The van der Waals surface area contributed by atoms with Crippen molar-refractivity contribution in [1.82, 2.24) is 0 Å². The third-order valence-corrected chi connectivity index (χ3v) is 4.46. The van der Waals surface area contributed by atoms with E-state index in [0.29, 0.717) is 37.6 Å². The van der Waals surface area contributed by atoms with Gasteiger partial charge in [0.1, 0.15) is 0 Å². The Morgan fingerprint density at radius 2 is 0.939 bits per heavy atom. The van der Waals surface area contributed by atoms with Crippen LogP contribution in [0.2, 0.25) is 0 Å². The quantitative estimate of drug-likeness (QED) is 0.146. The van der Waals surface area contributed by atoms with E-state index in [1.807, 2.05) is 13.8 Å². The summed E-state index contributed by atoms with van der Waals surface area (Å²) in [6.07, 6.45) is 7.82. The first-order chi connectivity index (χ1) is 15.2. The maximum absolute atomic E-state index is 10.8. The molecule has 0 spiro atoms. The van der Waals surface area contributed by atoms with E-state index < -0.39 is 0 Å². The van der Waals surface area contributed by atoms with Gasteiger partial charge >= 0.3 is 11.9 Å². The average molecular weight is 620 g/mol. The molecular weight excluding hydrogens is 567 g/mol. The topological polar surface area (TPSA) is 71.1 Å². The van der Waals surface area contributed by atoms with Crippen LogP contribution in [0.3, 0.4) is 0 Å². The molecule has 6 nitrogen and oxygen atoms in total. The molecule has 0 aromatic heterocycles. The van der Waals surface area contributed by atoms with Gasteiger partial charge in [0.15, 0.2) is 0 Å². The molecule has 33 heavy (non-hydrogen) atoms. The van der Waals surface area contributed by atoms with Crippen LogP contribution in [-0.2, 0) is 28.5 Å².